The average Bonchev–Trinajstić information content (AvgIpc) is 3.10. The molecule has 3 aromatic rings. The summed E-state index contributed by atoms with van der Waals surface area (Å²) >= 11 is 0. The monoisotopic (exact) mass is 374 g/mol. The molecule has 0 saturated carbocycles. The van der Waals surface area contributed by atoms with E-state index in [-0.39, 0.29) is 30.1 Å². The summed E-state index contributed by atoms with van der Waals surface area (Å²) in [6.45, 7) is 1.54. The van der Waals surface area contributed by atoms with Gasteiger partial charge in [0, 0.05) is 31.3 Å². The Balaban J connectivity index is 1.69. The highest BCUT2D eigenvalue weighted by atomic mass is 19.1. The minimum atomic E-state index is -0.728. The molecule has 1 N–H and O–H groups in total. The molecule has 0 aliphatic rings. The molecular weight excluding hydrogens is 358 g/mol. The topological polar surface area (TPSA) is 90.0 Å². The van der Waals surface area contributed by atoms with Crippen LogP contribution < -0.4 is 10.9 Å². The van der Waals surface area contributed by atoms with Crippen LogP contribution in [-0.2, 0) is 24.3 Å². The van der Waals surface area contributed by atoms with Crippen molar-refractivity contribution in [1.29, 1.82) is 0 Å². The number of benzene rings is 1. The number of nitrogens with one attached hydrogen (secondary N) is 1. The first-order valence-corrected chi connectivity index (χ1v) is 8.19. The number of halogens is 2. The fraction of sp³-hybridized carbons (Fsp3) is 0.222. The summed E-state index contributed by atoms with van der Waals surface area (Å²) in [5.41, 5.74) is 0.391. The quantitative estimate of drug-likeness (QED) is 0.713. The lowest BCUT2D eigenvalue weighted by molar-refractivity contribution is -0.121. The fourth-order valence-corrected chi connectivity index (χ4v) is 2.42. The van der Waals surface area contributed by atoms with E-state index in [2.05, 4.69) is 15.5 Å². The molecule has 0 saturated heterocycles. The zero-order chi connectivity index (χ0) is 19.4. The Kier molecular flexibility index (Phi) is 5.39. The summed E-state index contributed by atoms with van der Waals surface area (Å²) in [5, 5.41) is 10.3. The minimum Gasteiger partial charge on any atom is -0.421 e. The van der Waals surface area contributed by atoms with E-state index in [1.54, 1.807) is 0 Å². The maximum Gasteiger partial charge on any atom is 0.251 e. The van der Waals surface area contributed by atoms with Crippen LogP contribution in [0.4, 0.5) is 8.78 Å². The number of amides is 1. The normalized spacial score (nSPS) is 10.8. The molecule has 0 radical (unpaired) electrons. The molecule has 0 atom stereocenters. The zero-order valence-electron chi connectivity index (χ0n) is 14.4. The number of pyridine rings is 1. The molecule has 27 heavy (non-hydrogen) atoms. The first-order chi connectivity index (χ1) is 12.9. The third-order valence-electron chi connectivity index (χ3n) is 3.73. The van der Waals surface area contributed by atoms with Gasteiger partial charge in [-0.15, -0.1) is 10.2 Å². The molecule has 2 aromatic heterocycles. The lowest BCUT2D eigenvalue weighted by Gasteiger charge is -2.08. The van der Waals surface area contributed by atoms with Gasteiger partial charge in [-0.3, -0.25) is 9.59 Å². The predicted octanol–water partition coefficient (Wildman–Crippen LogP) is 2.06. The largest absolute Gasteiger partial charge is 0.421 e. The van der Waals surface area contributed by atoms with Crippen LogP contribution in [0.15, 0.2) is 45.7 Å². The molecule has 9 heteroatoms. The second kappa shape index (κ2) is 7.90. The molecular formula is C18H16F2N4O3. The first kappa shape index (κ1) is 18.4. The maximum atomic E-state index is 13.2. The average molecular weight is 374 g/mol. The van der Waals surface area contributed by atoms with Gasteiger partial charge >= 0.3 is 0 Å². The van der Waals surface area contributed by atoms with E-state index in [4.69, 9.17) is 4.42 Å². The molecule has 3 rings (SSSR count). The fourth-order valence-electron chi connectivity index (χ4n) is 2.42. The van der Waals surface area contributed by atoms with Crippen LogP contribution in [0.5, 0.6) is 0 Å². The van der Waals surface area contributed by atoms with Crippen molar-refractivity contribution in [3.8, 4) is 11.5 Å². The third-order valence-corrected chi connectivity index (χ3v) is 3.73. The summed E-state index contributed by atoms with van der Waals surface area (Å²) in [5.74, 6) is -1.24. The van der Waals surface area contributed by atoms with E-state index >= 15 is 0 Å². The van der Waals surface area contributed by atoms with Gasteiger partial charge in [0.2, 0.25) is 17.7 Å². The number of aryl methyl sites for hydroxylation is 1. The van der Waals surface area contributed by atoms with Gasteiger partial charge in [-0.25, -0.2) is 8.78 Å². The Hall–Kier alpha value is -3.36. The van der Waals surface area contributed by atoms with Gasteiger partial charge < -0.3 is 14.3 Å². The number of hydrogen-bond acceptors (Lipinski definition) is 5. The third kappa shape index (κ3) is 4.63. The lowest BCUT2D eigenvalue weighted by atomic mass is 10.2. The molecule has 0 unspecified atom stereocenters. The van der Waals surface area contributed by atoms with Crippen molar-refractivity contribution in [3.63, 3.8) is 0 Å². The van der Waals surface area contributed by atoms with E-state index in [1.165, 1.54) is 22.9 Å². The van der Waals surface area contributed by atoms with E-state index in [9.17, 15) is 18.4 Å². The molecule has 140 valence electrons. The highest BCUT2D eigenvalue weighted by Gasteiger charge is 2.11. The maximum absolute atomic E-state index is 13.2. The molecule has 0 bridgehead atoms. The molecule has 1 aromatic carbocycles. The van der Waals surface area contributed by atoms with E-state index in [0.29, 0.717) is 17.9 Å². The Morgan fingerprint density at radius 2 is 1.93 bits per heavy atom. The summed E-state index contributed by atoms with van der Waals surface area (Å²) in [7, 11) is 0. The van der Waals surface area contributed by atoms with Gasteiger partial charge in [-0.2, -0.15) is 0 Å². The van der Waals surface area contributed by atoms with E-state index < -0.39 is 17.5 Å². The SMILES string of the molecule is CCc1nnc(-c2ccc(=O)n(CC(=O)NCc3cc(F)cc(F)c3)c2)o1. The highest BCUT2D eigenvalue weighted by molar-refractivity contribution is 5.75. The van der Waals surface area contributed by atoms with Crippen LogP contribution in [0.2, 0.25) is 0 Å². The van der Waals surface area contributed by atoms with E-state index in [0.717, 1.165) is 18.2 Å². The molecule has 0 aliphatic carbocycles. The van der Waals surface area contributed by atoms with Crippen LogP contribution in [0.1, 0.15) is 18.4 Å². The van der Waals surface area contributed by atoms with Gasteiger partial charge in [0.15, 0.2) is 0 Å². The lowest BCUT2D eigenvalue weighted by Crippen LogP contribution is -2.31. The van der Waals surface area contributed by atoms with Gasteiger partial charge in [-0.05, 0) is 23.8 Å². The van der Waals surface area contributed by atoms with Crippen molar-refractivity contribution in [1.82, 2.24) is 20.1 Å². The van der Waals surface area contributed by atoms with Gasteiger partial charge in [0.1, 0.15) is 18.2 Å². The van der Waals surface area contributed by atoms with Crippen molar-refractivity contribution < 1.29 is 18.0 Å². The Labute approximate surface area is 152 Å². The van der Waals surface area contributed by atoms with Gasteiger partial charge in [-0.1, -0.05) is 6.92 Å². The minimum absolute atomic E-state index is 0.0640. The number of carbonyl (C=O) groups is 1. The second-order valence-corrected chi connectivity index (χ2v) is 5.79. The highest BCUT2D eigenvalue weighted by Crippen LogP contribution is 2.16. The molecule has 0 aliphatic heterocycles. The van der Waals surface area contributed by atoms with Crippen molar-refractivity contribution in [2.45, 2.75) is 26.4 Å². The van der Waals surface area contributed by atoms with Crippen molar-refractivity contribution in [2.24, 2.45) is 0 Å². The van der Waals surface area contributed by atoms with Crippen molar-refractivity contribution in [3.05, 3.63) is 70.0 Å². The van der Waals surface area contributed by atoms with Crippen LogP contribution in [-0.4, -0.2) is 20.7 Å². The number of nitrogens with zero attached hydrogens (tertiary/aromatic N) is 3. The van der Waals surface area contributed by atoms with Crippen LogP contribution in [0.25, 0.3) is 11.5 Å². The molecule has 0 spiro atoms. The van der Waals surface area contributed by atoms with Crippen LogP contribution in [0, 0.1) is 11.6 Å². The predicted molar refractivity (Wildman–Crippen MR) is 91.6 cm³/mol. The van der Waals surface area contributed by atoms with Crippen molar-refractivity contribution >= 4 is 5.91 Å². The Morgan fingerprint density at radius 1 is 1.19 bits per heavy atom. The summed E-state index contributed by atoms with van der Waals surface area (Å²) in [6.07, 6.45) is 2.02. The Bertz CT molecular complexity index is 1010. The first-order valence-electron chi connectivity index (χ1n) is 8.19. The number of rotatable bonds is 6. The molecule has 1 amide bonds. The van der Waals surface area contributed by atoms with Crippen LogP contribution in [0.3, 0.4) is 0 Å². The van der Waals surface area contributed by atoms with Crippen molar-refractivity contribution in [2.75, 3.05) is 0 Å². The zero-order valence-corrected chi connectivity index (χ0v) is 14.4. The summed E-state index contributed by atoms with van der Waals surface area (Å²) < 4.78 is 33.0. The van der Waals surface area contributed by atoms with Crippen LogP contribution >= 0.6 is 0 Å². The number of aromatic nitrogens is 3. The standard InChI is InChI=1S/C18H16F2N4O3/c1-2-16-22-23-18(27-16)12-3-4-17(26)24(9-12)10-15(25)21-8-11-5-13(19)7-14(20)6-11/h3-7,9H,2,8,10H2,1H3,(H,21,25). The molecule has 2 heterocycles. The van der Waals surface area contributed by atoms with Gasteiger partial charge in [0.05, 0.1) is 5.56 Å². The molecule has 7 nitrogen and oxygen atoms in total. The smallest absolute Gasteiger partial charge is 0.251 e. The molecule has 0 fully saturated rings. The second-order valence-electron chi connectivity index (χ2n) is 5.79. The Morgan fingerprint density at radius 3 is 2.59 bits per heavy atom. The summed E-state index contributed by atoms with van der Waals surface area (Å²) in [6, 6.07) is 5.81. The summed E-state index contributed by atoms with van der Waals surface area (Å²) in [4.78, 5) is 24.1. The number of carbonyl (C=O) groups excluding carboxylic acids is 1. The van der Waals surface area contributed by atoms with Gasteiger partial charge in [0.25, 0.3) is 5.56 Å². The number of hydrogen-bond donors (Lipinski definition) is 1. The van der Waals surface area contributed by atoms with E-state index in [1.807, 2.05) is 6.92 Å².